The summed E-state index contributed by atoms with van der Waals surface area (Å²) in [4.78, 5) is 11.0. The fraction of sp³-hybridized carbons (Fsp3) is 0.300. The van der Waals surface area contributed by atoms with Gasteiger partial charge in [-0.3, -0.25) is 4.79 Å². The molecule has 0 heterocycles. The van der Waals surface area contributed by atoms with E-state index in [1.54, 1.807) is 0 Å². The number of carbonyl (C=O) groups excluding carboxylic acids is 1. The van der Waals surface area contributed by atoms with Crippen LogP contribution in [0, 0.1) is 5.82 Å². The first-order valence-electron chi connectivity index (χ1n) is 4.35. The predicted molar refractivity (Wildman–Crippen MR) is 51.8 cm³/mol. The zero-order valence-electron chi connectivity index (χ0n) is 8.24. The van der Waals surface area contributed by atoms with Gasteiger partial charge in [-0.05, 0) is 11.6 Å². The Morgan fingerprint density at radius 2 is 2.33 bits per heavy atom. The SMILES string of the molecule is COC(=O)C(N)Cc1ccc(O)cc1F. The summed E-state index contributed by atoms with van der Waals surface area (Å²) < 4.78 is 17.6. The number of methoxy groups -OCH3 is 1. The molecule has 0 spiro atoms. The maximum Gasteiger partial charge on any atom is 0.322 e. The molecule has 0 saturated heterocycles. The van der Waals surface area contributed by atoms with Crippen molar-refractivity contribution >= 4 is 5.97 Å². The first kappa shape index (κ1) is 11.5. The zero-order valence-corrected chi connectivity index (χ0v) is 8.24. The highest BCUT2D eigenvalue weighted by molar-refractivity contribution is 5.75. The van der Waals surface area contributed by atoms with E-state index in [2.05, 4.69) is 4.74 Å². The van der Waals surface area contributed by atoms with Gasteiger partial charge in [-0.15, -0.1) is 0 Å². The second-order valence-corrected chi connectivity index (χ2v) is 3.11. The summed E-state index contributed by atoms with van der Waals surface area (Å²) in [6.45, 7) is 0. The molecule has 1 aromatic carbocycles. The normalized spacial score (nSPS) is 12.2. The molecule has 0 saturated carbocycles. The lowest BCUT2D eigenvalue weighted by Gasteiger charge is -2.09. The van der Waals surface area contributed by atoms with Crippen LogP contribution in [0.5, 0.6) is 5.75 Å². The highest BCUT2D eigenvalue weighted by Crippen LogP contribution is 2.16. The number of hydrogen-bond donors (Lipinski definition) is 2. The Labute approximate surface area is 86.5 Å². The lowest BCUT2D eigenvalue weighted by Crippen LogP contribution is -2.33. The molecule has 4 nitrogen and oxygen atoms in total. The Morgan fingerprint density at radius 1 is 1.67 bits per heavy atom. The quantitative estimate of drug-likeness (QED) is 0.720. The summed E-state index contributed by atoms with van der Waals surface area (Å²) in [6.07, 6.45) is 0.0405. The highest BCUT2D eigenvalue weighted by Gasteiger charge is 2.16. The number of benzene rings is 1. The van der Waals surface area contributed by atoms with Crippen molar-refractivity contribution in [2.75, 3.05) is 7.11 Å². The fourth-order valence-electron chi connectivity index (χ4n) is 1.17. The number of aromatic hydroxyl groups is 1. The molecule has 15 heavy (non-hydrogen) atoms. The van der Waals surface area contributed by atoms with E-state index in [0.29, 0.717) is 0 Å². The number of hydrogen-bond acceptors (Lipinski definition) is 4. The Balaban J connectivity index is 2.76. The highest BCUT2D eigenvalue weighted by atomic mass is 19.1. The molecule has 0 bridgehead atoms. The molecule has 0 amide bonds. The van der Waals surface area contributed by atoms with E-state index in [9.17, 15) is 9.18 Å². The molecule has 3 N–H and O–H groups in total. The summed E-state index contributed by atoms with van der Waals surface area (Å²) in [5.74, 6) is -1.35. The number of phenols is 1. The number of nitrogens with two attached hydrogens (primary N) is 1. The van der Waals surface area contributed by atoms with E-state index in [0.717, 1.165) is 6.07 Å². The number of halogens is 1. The van der Waals surface area contributed by atoms with Crippen molar-refractivity contribution in [2.45, 2.75) is 12.5 Å². The van der Waals surface area contributed by atoms with Gasteiger partial charge in [-0.2, -0.15) is 0 Å². The van der Waals surface area contributed by atoms with E-state index in [1.165, 1.54) is 19.2 Å². The second-order valence-electron chi connectivity index (χ2n) is 3.11. The summed E-state index contributed by atoms with van der Waals surface area (Å²) in [7, 11) is 1.22. The largest absolute Gasteiger partial charge is 0.508 e. The molecular weight excluding hydrogens is 201 g/mol. The van der Waals surface area contributed by atoms with Gasteiger partial charge in [-0.25, -0.2) is 4.39 Å². The van der Waals surface area contributed by atoms with Crippen LogP contribution < -0.4 is 5.73 Å². The molecule has 0 radical (unpaired) electrons. The number of esters is 1. The van der Waals surface area contributed by atoms with Gasteiger partial charge in [0.05, 0.1) is 7.11 Å². The lowest BCUT2D eigenvalue weighted by atomic mass is 10.1. The molecule has 0 aliphatic rings. The van der Waals surface area contributed by atoms with Crippen LogP contribution in [0.1, 0.15) is 5.56 Å². The van der Waals surface area contributed by atoms with Crippen molar-refractivity contribution < 1.29 is 19.0 Å². The van der Waals surface area contributed by atoms with E-state index in [4.69, 9.17) is 10.8 Å². The first-order valence-corrected chi connectivity index (χ1v) is 4.35. The Bertz CT molecular complexity index is 368. The molecule has 82 valence electrons. The fourth-order valence-corrected chi connectivity index (χ4v) is 1.17. The summed E-state index contributed by atoms with van der Waals surface area (Å²) >= 11 is 0. The minimum atomic E-state index is -0.894. The van der Waals surface area contributed by atoms with Crippen molar-refractivity contribution in [3.63, 3.8) is 0 Å². The average Bonchev–Trinajstić information content (AvgIpc) is 2.20. The van der Waals surface area contributed by atoms with Gasteiger partial charge in [-0.1, -0.05) is 6.07 Å². The van der Waals surface area contributed by atoms with Crippen LogP contribution in [0.15, 0.2) is 18.2 Å². The third-order valence-electron chi connectivity index (χ3n) is 1.98. The third-order valence-corrected chi connectivity index (χ3v) is 1.98. The number of rotatable bonds is 3. The summed E-state index contributed by atoms with van der Waals surface area (Å²) in [5.41, 5.74) is 5.73. The van der Waals surface area contributed by atoms with Gasteiger partial charge in [0.2, 0.25) is 0 Å². The number of carbonyl (C=O) groups is 1. The van der Waals surface area contributed by atoms with Gasteiger partial charge in [0.15, 0.2) is 0 Å². The van der Waals surface area contributed by atoms with Gasteiger partial charge in [0.25, 0.3) is 0 Å². The molecule has 0 fully saturated rings. The monoisotopic (exact) mass is 213 g/mol. The summed E-state index contributed by atoms with van der Waals surface area (Å²) in [5, 5.41) is 8.96. The molecule has 0 aromatic heterocycles. The molecule has 1 unspecified atom stereocenters. The van der Waals surface area contributed by atoms with Crippen LogP contribution in [0.4, 0.5) is 4.39 Å². The molecule has 0 aliphatic carbocycles. The van der Waals surface area contributed by atoms with Crippen LogP contribution in [-0.2, 0) is 16.0 Å². The molecule has 1 atom stereocenters. The third kappa shape index (κ3) is 2.92. The van der Waals surface area contributed by atoms with Gasteiger partial charge < -0.3 is 15.6 Å². The molecule has 1 aromatic rings. The molecule has 5 heteroatoms. The standard InChI is InChI=1S/C10H12FNO3/c1-15-10(14)9(12)4-6-2-3-7(13)5-8(6)11/h2-3,5,9,13H,4,12H2,1H3. The molecule has 0 aliphatic heterocycles. The van der Waals surface area contributed by atoms with Crippen LogP contribution >= 0.6 is 0 Å². The minimum absolute atomic E-state index is 0.0405. The zero-order chi connectivity index (χ0) is 11.4. The van der Waals surface area contributed by atoms with Crippen LogP contribution in [-0.4, -0.2) is 24.2 Å². The van der Waals surface area contributed by atoms with Crippen molar-refractivity contribution in [3.05, 3.63) is 29.6 Å². The summed E-state index contributed by atoms with van der Waals surface area (Å²) in [6, 6.07) is 2.80. The number of ether oxygens (including phenoxy) is 1. The Kier molecular flexibility index (Phi) is 3.62. The van der Waals surface area contributed by atoms with Crippen LogP contribution in [0.25, 0.3) is 0 Å². The Morgan fingerprint density at radius 3 is 2.87 bits per heavy atom. The minimum Gasteiger partial charge on any atom is -0.508 e. The Hall–Kier alpha value is -1.62. The average molecular weight is 213 g/mol. The van der Waals surface area contributed by atoms with E-state index in [1.807, 2.05) is 0 Å². The van der Waals surface area contributed by atoms with Crippen molar-refractivity contribution in [2.24, 2.45) is 5.73 Å². The van der Waals surface area contributed by atoms with E-state index in [-0.39, 0.29) is 17.7 Å². The second kappa shape index (κ2) is 4.75. The van der Waals surface area contributed by atoms with Gasteiger partial charge in [0, 0.05) is 12.5 Å². The van der Waals surface area contributed by atoms with Gasteiger partial charge in [0.1, 0.15) is 17.6 Å². The van der Waals surface area contributed by atoms with E-state index >= 15 is 0 Å². The predicted octanol–water partition coefficient (Wildman–Crippen LogP) is 0.574. The van der Waals surface area contributed by atoms with E-state index < -0.39 is 17.8 Å². The maximum absolute atomic E-state index is 13.2. The van der Waals surface area contributed by atoms with Crippen molar-refractivity contribution in [1.82, 2.24) is 0 Å². The maximum atomic E-state index is 13.2. The molecule has 1 rings (SSSR count). The van der Waals surface area contributed by atoms with Crippen LogP contribution in [0.3, 0.4) is 0 Å². The topological polar surface area (TPSA) is 72.5 Å². The van der Waals surface area contributed by atoms with Crippen molar-refractivity contribution in [1.29, 1.82) is 0 Å². The van der Waals surface area contributed by atoms with Crippen molar-refractivity contribution in [3.8, 4) is 5.75 Å². The molecular formula is C10H12FNO3. The lowest BCUT2D eigenvalue weighted by molar-refractivity contribution is -0.142. The first-order chi connectivity index (χ1) is 7.04. The smallest absolute Gasteiger partial charge is 0.322 e. The van der Waals surface area contributed by atoms with Crippen LogP contribution in [0.2, 0.25) is 0 Å². The van der Waals surface area contributed by atoms with Gasteiger partial charge >= 0.3 is 5.97 Å². The number of phenolic OH excluding ortho intramolecular Hbond substituents is 1.